The van der Waals surface area contributed by atoms with Crippen LogP contribution in [-0.4, -0.2) is 0 Å². The van der Waals surface area contributed by atoms with Crippen molar-refractivity contribution in [1.82, 2.24) is 0 Å². The number of hydrogen-bond donors (Lipinski definition) is 0. The Morgan fingerprint density at radius 3 is 1.00 bits per heavy atom. The summed E-state index contributed by atoms with van der Waals surface area (Å²) in [6.45, 7) is 11.0. The fourth-order valence-electron chi connectivity index (χ4n) is 0. The maximum atomic E-state index is 3.49. The van der Waals surface area contributed by atoms with Gasteiger partial charge in [-0.2, -0.15) is 12.8 Å². The van der Waals surface area contributed by atoms with E-state index in [1.54, 1.807) is 0 Å². The molecule has 0 atom stereocenters. The summed E-state index contributed by atoms with van der Waals surface area (Å²) in [4.78, 5) is 0. The molecule has 0 amide bonds. The van der Waals surface area contributed by atoms with Gasteiger partial charge in [0.1, 0.15) is 0 Å². The average molecular weight is 152 g/mol. The molecule has 0 saturated heterocycles. The second kappa shape index (κ2) is 30.4. The molecule has 0 bridgehead atoms. The average Bonchev–Trinajstić information content (AvgIpc) is 1.39. The summed E-state index contributed by atoms with van der Waals surface area (Å²) in [5, 5.41) is 0. The van der Waals surface area contributed by atoms with Crippen molar-refractivity contribution in [2.75, 3.05) is 0 Å². The summed E-state index contributed by atoms with van der Waals surface area (Å²) in [7, 11) is 0. The van der Waals surface area contributed by atoms with Gasteiger partial charge in [-0.25, -0.2) is 0 Å². The van der Waals surface area contributed by atoms with Gasteiger partial charge in [0, 0.05) is 0 Å². The molecular formula is C6H14Zn. The molecule has 0 aliphatic carbocycles. The van der Waals surface area contributed by atoms with Crippen molar-refractivity contribution in [3.05, 3.63) is 13.8 Å². The Bertz CT molecular complexity index is 6.14. The molecule has 0 aliphatic rings. The molecule has 0 aromatic carbocycles. The maximum Gasteiger partial charge on any atom is 2.00 e. The minimum Gasteiger partial charge on any atom is -0.344 e. The molecule has 0 spiro atoms. The molecule has 0 aromatic rings. The molecule has 0 aliphatic heterocycles. The zero-order valence-corrected chi connectivity index (χ0v) is 8.50. The van der Waals surface area contributed by atoms with Crippen LogP contribution >= 0.6 is 0 Å². The quantitative estimate of drug-likeness (QED) is 0.369. The van der Waals surface area contributed by atoms with E-state index in [9.17, 15) is 0 Å². The van der Waals surface area contributed by atoms with Gasteiger partial charge in [0.15, 0.2) is 0 Å². The van der Waals surface area contributed by atoms with Crippen molar-refractivity contribution in [3.8, 4) is 0 Å². The van der Waals surface area contributed by atoms with Crippen molar-refractivity contribution in [3.63, 3.8) is 0 Å². The first-order chi connectivity index (χ1) is 2.83. The first-order valence-corrected chi connectivity index (χ1v) is 2.41. The second-order valence-corrected chi connectivity index (χ2v) is 1.000. The van der Waals surface area contributed by atoms with Crippen LogP contribution in [0.3, 0.4) is 0 Å². The van der Waals surface area contributed by atoms with Gasteiger partial charge in [-0.05, 0) is 0 Å². The van der Waals surface area contributed by atoms with Gasteiger partial charge in [-0.1, -0.05) is 13.8 Å². The van der Waals surface area contributed by atoms with E-state index in [-0.39, 0.29) is 19.5 Å². The first kappa shape index (κ1) is 15.6. The van der Waals surface area contributed by atoms with Crippen LogP contribution in [0.2, 0.25) is 0 Å². The Labute approximate surface area is 60.5 Å². The van der Waals surface area contributed by atoms with E-state index < -0.39 is 0 Å². The van der Waals surface area contributed by atoms with E-state index in [1.807, 2.05) is 13.8 Å². The van der Waals surface area contributed by atoms with Crippen LogP contribution in [0, 0.1) is 13.8 Å². The molecule has 7 heavy (non-hydrogen) atoms. The fraction of sp³-hybridized carbons (Fsp3) is 0.667. The van der Waals surface area contributed by atoms with Crippen LogP contribution < -0.4 is 0 Å². The van der Waals surface area contributed by atoms with Gasteiger partial charge in [-0.15, -0.1) is 0 Å². The molecule has 0 N–H and O–H groups in total. The van der Waals surface area contributed by atoms with Gasteiger partial charge in [0.25, 0.3) is 0 Å². The zero-order chi connectivity index (χ0) is 5.41. The van der Waals surface area contributed by atoms with E-state index >= 15 is 0 Å². The normalized spacial score (nSPS) is 5.14. The minimum absolute atomic E-state index is 0. The van der Waals surface area contributed by atoms with Crippen molar-refractivity contribution < 1.29 is 19.5 Å². The third-order valence-electron chi connectivity index (χ3n) is 0. The Kier molecular flexibility index (Phi) is 68.0. The van der Waals surface area contributed by atoms with Gasteiger partial charge >= 0.3 is 19.5 Å². The molecule has 0 rings (SSSR count). The topological polar surface area (TPSA) is 0 Å². The van der Waals surface area contributed by atoms with E-state index in [1.165, 1.54) is 0 Å². The van der Waals surface area contributed by atoms with E-state index in [0.29, 0.717) is 0 Å². The van der Waals surface area contributed by atoms with Crippen molar-refractivity contribution >= 4 is 0 Å². The van der Waals surface area contributed by atoms with E-state index in [2.05, 4.69) is 13.8 Å². The van der Waals surface area contributed by atoms with Crippen molar-refractivity contribution in [2.45, 2.75) is 26.7 Å². The summed E-state index contributed by atoms with van der Waals surface area (Å²) >= 11 is 0. The summed E-state index contributed by atoms with van der Waals surface area (Å²) < 4.78 is 0. The second-order valence-electron chi connectivity index (χ2n) is 1.000. The Morgan fingerprint density at radius 2 is 1.00 bits per heavy atom. The molecule has 0 radical (unpaired) electrons. The molecule has 0 nitrogen and oxygen atoms in total. The van der Waals surface area contributed by atoms with Gasteiger partial charge < -0.3 is 13.8 Å². The van der Waals surface area contributed by atoms with Gasteiger partial charge in [-0.3, -0.25) is 0 Å². The van der Waals surface area contributed by atoms with Crippen molar-refractivity contribution in [2.24, 2.45) is 0 Å². The van der Waals surface area contributed by atoms with Gasteiger partial charge in [0.05, 0.1) is 0 Å². The third kappa shape index (κ3) is 364. The molecule has 0 heterocycles. The molecule has 1 heteroatoms. The standard InChI is InChI=1S/2C3H7.Zn/c2*1-3-2;/h2*1,3H2,2H3;/q2*-1;+2. The zero-order valence-electron chi connectivity index (χ0n) is 5.54. The predicted molar refractivity (Wildman–Crippen MR) is 31.3 cm³/mol. The van der Waals surface area contributed by atoms with Crippen LogP contribution in [0.1, 0.15) is 26.7 Å². The molecule has 0 aromatic heterocycles. The summed E-state index contributed by atoms with van der Waals surface area (Å²) in [6, 6.07) is 0. The minimum atomic E-state index is 0. The van der Waals surface area contributed by atoms with Crippen LogP contribution in [0.25, 0.3) is 0 Å². The smallest absolute Gasteiger partial charge is 0.344 e. The van der Waals surface area contributed by atoms with E-state index in [0.717, 1.165) is 12.8 Å². The van der Waals surface area contributed by atoms with Crippen LogP contribution in [0.15, 0.2) is 0 Å². The summed E-state index contributed by atoms with van der Waals surface area (Å²) in [6.07, 6.45) is 2.00. The number of hydrogen-bond acceptors (Lipinski definition) is 0. The first-order valence-electron chi connectivity index (χ1n) is 2.41. The Balaban J connectivity index is -0.0000000400. The largest absolute Gasteiger partial charge is 2.00 e. The molecule has 0 unspecified atom stereocenters. The maximum absolute atomic E-state index is 3.49. The SMILES string of the molecule is [CH2-]CC.[CH2-]CC.[Zn+2]. The predicted octanol–water partition coefficient (Wildman–Crippen LogP) is 2.46. The molecule has 0 fully saturated rings. The van der Waals surface area contributed by atoms with Crippen LogP contribution in [-0.2, 0) is 19.5 Å². The van der Waals surface area contributed by atoms with Crippen molar-refractivity contribution in [1.29, 1.82) is 0 Å². The monoisotopic (exact) mass is 150 g/mol. The fourth-order valence-corrected chi connectivity index (χ4v) is 0. The summed E-state index contributed by atoms with van der Waals surface area (Å²) in [5.41, 5.74) is 0. The van der Waals surface area contributed by atoms with E-state index in [4.69, 9.17) is 0 Å². The third-order valence-corrected chi connectivity index (χ3v) is 0. The van der Waals surface area contributed by atoms with Crippen LogP contribution in [0.5, 0.6) is 0 Å². The number of rotatable bonds is 0. The van der Waals surface area contributed by atoms with Gasteiger partial charge in [0.2, 0.25) is 0 Å². The molecular weight excluding hydrogens is 137 g/mol. The Morgan fingerprint density at radius 1 is 1.00 bits per heavy atom. The Hall–Kier alpha value is 0.623. The molecule has 40 valence electrons. The van der Waals surface area contributed by atoms with Crippen LogP contribution in [0.4, 0.5) is 0 Å². The summed E-state index contributed by atoms with van der Waals surface area (Å²) in [5.74, 6) is 0. The molecule has 0 saturated carbocycles.